The van der Waals surface area contributed by atoms with E-state index >= 15 is 0 Å². The van der Waals surface area contributed by atoms with E-state index in [-0.39, 0.29) is 5.91 Å². The molecule has 0 bridgehead atoms. The minimum Gasteiger partial charge on any atom is -0.354 e. The molecule has 0 unspecified atom stereocenters. The van der Waals surface area contributed by atoms with Gasteiger partial charge in [-0.25, -0.2) is 8.42 Å². The molecule has 0 aliphatic heterocycles. The predicted molar refractivity (Wildman–Crippen MR) is 85.7 cm³/mol. The molecule has 0 aromatic heterocycles. The zero-order valence-corrected chi connectivity index (χ0v) is 13.9. The van der Waals surface area contributed by atoms with Gasteiger partial charge in [-0.05, 0) is 31.4 Å². The number of para-hydroxylation sites is 1. The molecule has 0 aliphatic carbocycles. The molecule has 1 rings (SSSR count). The zero-order chi connectivity index (χ0) is 16.0. The Labute approximate surface area is 127 Å². The average molecular weight is 312 g/mol. The number of carbonyl (C=O) groups is 1. The molecule has 1 amide bonds. The number of benzene rings is 1. The maximum atomic E-state index is 12.2. The Morgan fingerprint density at radius 1 is 1.19 bits per heavy atom. The second-order valence-corrected chi connectivity index (χ2v) is 7.40. The monoisotopic (exact) mass is 312 g/mol. The van der Waals surface area contributed by atoms with Crippen LogP contribution in [0.5, 0.6) is 0 Å². The third kappa shape index (κ3) is 5.38. The molecule has 0 saturated heterocycles. The van der Waals surface area contributed by atoms with Crippen LogP contribution in [0.2, 0.25) is 0 Å². The Morgan fingerprint density at radius 3 is 2.24 bits per heavy atom. The highest BCUT2D eigenvalue weighted by Gasteiger charge is 2.28. The quantitative estimate of drug-likeness (QED) is 0.837. The topological polar surface area (TPSA) is 66.5 Å². The smallest absolute Gasteiger partial charge is 0.243 e. The summed E-state index contributed by atoms with van der Waals surface area (Å²) in [6.07, 6.45) is 1.97. The normalized spacial score (nSPS) is 13.0. The van der Waals surface area contributed by atoms with Crippen molar-refractivity contribution in [2.75, 3.05) is 17.1 Å². The van der Waals surface area contributed by atoms with Gasteiger partial charge in [0.25, 0.3) is 0 Å². The summed E-state index contributed by atoms with van der Waals surface area (Å²) in [4.78, 5) is 12.2. The van der Waals surface area contributed by atoms with Gasteiger partial charge in [-0.2, -0.15) is 0 Å². The van der Waals surface area contributed by atoms with Crippen LogP contribution in [0.25, 0.3) is 0 Å². The predicted octanol–water partition coefficient (Wildman–Crippen LogP) is 2.00. The molecule has 6 heteroatoms. The summed E-state index contributed by atoms with van der Waals surface area (Å²) in [7, 11) is -3.53. The SMILES string of the molecule is CC(C)CCNC(=O)[C@H](C)N(c1ccccc1)S(C)(=O)=O. The highest BCUT2D eigenvalue weighted by atomic mass is 32.2. The van der Waals surface area contributed by atoms with Crippen LogP contribution >= 0.6 is 0 Å². The van der Waals surface area contributed by atoms with Crippen LogP contribution in [-0.4, -0.2) is 33.2 Å². The van der Waals surface area contributed by atoms with Gasteiger partial charge in [-0.3, -0.25) is 9.10 Å². The highest BCUT2D eigenvalue weighted by Crippen LogP contribution is 2.20. The number of nitrogens with zero attached hydrogens (tertiary/aromatic N) is 1. The fraction of sp³-hybridized carbons (Fsp3) is 0.533. The molecule has 1 N–H and O–H groups in total. The average Bonchev–Trinajstić information content (AvgIpc) is 2.37. The van der Waals surface area contributed by atoms with E-state index in [9.17, 15) is 13.2 Å². The lowest BCUT2D eigenvalue weighted by atomic mass is 10.1. The summed E-state index contributed by atoms with van der Waals surface area (Å²) < 4.78 is 25.2. The van der Waals surface area contributed by atoms with E-state index < -0.39 is 16.1 Å². The zero-order valence-electron chi connectivity index (χ0n) is 13.0. The minimum absolute atomic E-state index is 0.287. The van der Waals surface area contributed by atoms with Crippen LogP contribution in [0.4, 0.5) is 5.69 Å². The summed E-state index contributed by atoms with van der Waals surface area (Å²) in [5.74, 6) is 0.200. The van der Waals surface area contributed by atoms with Crippen molar-refractivity contribution in [1.29, 1.82) is 0 Å². The molecule has 0 aliphatic rings. The second kappa shape index (κ2) is 7.45. The van der Waals surface area contributed by atoms with E-state index in [4.69, 9.17) is 0 Å². The van der Waals surface area contributed by atoms with Crippen molar-refractivity contribution in [3.63, 3.8) is 0 Å². The van der Waals surface area contributed by atoms with Gasteiger partial charge in [0.2, 0.25) is 15.9 Å². The van der Waals surface area contributed by atoms with Gasteiger partial charge in [-0.15, -0.1) is 0 Å². The van der Waals surface area contributed by atoms with Crippen LogP contribution in [-0.2, 0) is 14.8 Å². The van der Waals surface area contributed by atoms with Crippen molar-refractivity contribution >= 4 is 21.6 Å². The molecule has 1 aromatic rings. The van der Waals surface area contributed by atoms with E-state index in [0.717, 1.165) is 17.0 Å². The van der Waals surface area contributed by atoms with Crippen molar-refractivity contribution in [3.05, 3.63) is 30.3 Å². The molecule has 0 fully saturated rings. The minimum atomic E-state index is -3.53. The molecular formula is C15H24N2O3S. The number of hydrogen-bond acceptors (Lipinski definition) is 3. The second-order valence-electron chi connectivity index (χ2n) is 5.54. The first kappa shape index (κ1) is 17.5. The lowest BCUT2D eigenvalue weighted by molar-refractivity contribution is -0.121. The number of carbonyl (C=O) groups excluding carboxylic acids is 1. The van der Waals surface area contributed by atoms with Gasteiger partial charge in [0.15, 0.2) is 0 Å². The van der Waals surface area contributed by atoms with Gasteiger partial charge >= 0.3 is 0 Å². The van der Waals surface area contributed by atoms with Crippen LogP contribution in [0.3, 0.4) is 0 Å². The van der Waals surface area contributed by atoms with E-state index in [1.54, 1.807) is 37.3 Å². The van der Waals surface area contributed by atoms with Crippen molar-refractivity contribution in [2.45, 2.75) is 33.2 Å². The molecule has 21 heavy (non-hydrogen) atoms. The van der Waals surface area contributed by atoms with Gasteiger partial charge in [0.1, 0.15) is 6.04 Å². The van der Waals surface area contributed by atoms with Crippen LogP contribution in [0, 0.1) is 5.92 Å². The van der Waals surface area contributed by atoms with Gasteiger partial charge in [-0.1, -0.05) is 32.0 Å². The van der Waals surface area contributed by atoms with Crippen LogP contribution < -0.4 is 9.62 Å². The molecule has 5 nitrogen and oxygen atoms in total. The lowest BCUT2D eigenvalue weighted by Crippen LogP contribution is -2.48. The number of hydrogen-bond donors (Lipinski definition) is 1. The van der Waals surface area contributed by atoms with E-state index in [0.29, 0.717) is 18.2 Å². The van der Waals surface area contributed by atoms with E-state index in [2.05, 4.69) is 19.2 Å². The number of amides is 1. The third-order valence-corrected chi connectivity index (χ3v) is 4.36. The fourth-order valence-corrected chi connectivity index (χ4v) is 3.19. The molecule has 1 aromatic carbocycles. The largest absolute Gasteiger partial charge is 0.354 e. The van der Waals surface area contributed by atoms with Gasteiger partial charge in [0.05, 0.1) is 11.9 Å². The van der Waals surface area contributed by atoms with Crippen LogP contribution in [0.1, 0.15) is 27.2 Å². The maximum absolute atomic E-state index is 12.2. The molecule has 1 atom stereocenters. The molecule has 0 spiro atoms. The Morgan fingerprint density at radius 2 is 1.76 bits per heavy atom. The van der Waals surface area contributed by atoms with Gasteiger partial charge < -0.3 is 5.32 Å². The summed E-state index contributed by atoms with van der Waals surface area (Å²) in [5, 5.41) is 2.79. The first-order valence-corrected chi connectivity index (χ1v) is 8.90. The van der Waals surface area contributed by atoms with Crippen LogP contribution in [0.15, 0.2) is 30.3 Å². The van der Waals surface area contributed by atoms with E-state index in [1.807, 2.05) is 0 Å². The summed E-state index contributed by atoms with van der Waals surface area (Å²) in [6, 6.07) is 7.87. The lowest BCUT2D eigenvalue weighted by Gasteiger charge is -2.28. The van der Waals surface area contributed by atoms with Crippen molar-refractivity contribution in [1.82, 2.24) is 5.32 Å². The number of nitrogens with one attached hydrogen (secondary N) is 1. The first-order valence-electron chi connectivity index (χ1n) is 7.05. The number of sulfonamides is 1. The molecule has 0 radical (unpaired) electrons. The van der Waals surface area contributed by atoms with Crippen molar-refractivity contribution in [2.24, 2.45) is 5.92 Å². The van der Waals surface area contributed by atoms with Crippen molar-refractivity contribution < 1.29 is 13.2 Å². The van der Waals surface area contributed by atoms with Gasteiger partial charge in [0, 0.05) is 6.54 Å². The summed E-state index contributed by atoms with van der Waals surface area (Å²) >= 11 is 0. The molecule has 118 valence electrons. The highest BCUT2D eigenvalue weighted by molar-refractivity contribution is 7.92. The fourth-order valence-electron chi connectivity index (χ4n) is 2.02. The summed E-state index contributed by atoms with van der Waals surface area (Å²) in [5.41, 5.74) is 0.492. The Hall–Kier alpha value is -1.56. The molecule has 0 saturated carbocycles. The molecular weight excluding hydrogens is 288 g/mol. The standard InChI is InChI=1S/C15H24N2O3S/c1-12(2)10-11-16-15(18)13(3)17(21(4,19)20)14-8-6-5-7-9-14/h5-9,12-13H,10-11H2,1-4H3,(H,16,18)/t13-/m0/s1. The first-order chi connectivity index (χ1) is 9.73. The van der Waals surface area contributed by atoms with E-state index in [1.165, 1.54) is 0 Å². The Bertz CT molecular complexity index is 556. The summed E-state index contributed by atoms with van der Waals surface area (Å²) in [6.45, 7) is 6.29. The number of rotatable bonds is 7. The Balaban J connectivity index is 2.87. The maximum Gasteiger partial charge on any atom is 0.243 e. The number of anilines is 1. The molecule has 0 heterocycles. The Kier molecular flexibility index (Phi) is 6.20. The van der Waals surface area contributed by atoms with Crippen molar-refractivity contribution in [3.8, 4) is 0 Å². The third-order valence-electron chi connectivity index (χ3n) is 3.12.